The molecule has 2 N–H and O–H groups in total. The molecule has 0 radical (unpaired) electrons. The molecule has 1 aliphatic rings. The Balaban J connectivity index is 2.34. The number of nitrogens with zero attached hydrogens (tertiary/aromatic N) is 3. The van der Waals surface area contributed by atoms with Crippen molar-refractivity contribution < 1.29 is 9.59 Å². The van der Waals surface area contributed by atoms with Crippen LogP contribution in [0.3, 0.4) is 0 Å². The number of rotatable bonds is 3. The van der Waals surface area contributed by atoms with Crippen molar-refractivity contribution in [3.8, 4) is 0 Å². The van der Waals surface area contributed by atoms with E-state index in [9.17, 15) is 9.59 Å². The topological polar surface area (TPSA) is 69.9 Å². The van der Waals surface area contributed by atoms with Crippen molar-refractivity contribution in [1.29, 1.82) is 0 Å². The second-order valence-corrected chi connectivity index (χ2v) is 5.37. The zero-order chi connectivity index (χ0) is 15.6. The maximum Gasteiger partial charge on any atom is 0.256 e. The summed E-state index contributed by atoms with van der Waals surface area (Å²) in [5.41, 5.74) is 7.93. The summed E-state index contributed by atoms with van der Waals surface area (Å²) >= 11 is 0. The van der Waals surface area contributed by atoms with Crippen LogP contribution in [-0.2, 0) is 4.79 Å². The maximum atomic E-state index is 12.7. The van der Waals surface area contributed by atoms with Crippen LogP contribution in [0.4, 0.5) is 11.4 Å². The Bertz CT molecular complexity index is 557. The van der Waals surface area contributed by atoms with Gasteiger partial charge in [0.15, 0.2) is 0 Å². The molecule has 114 valence electrons. The average molecular weight is 290 g/mol. The molecule has 2 rings (SSSR count). The smallest absolute Gasteiger partial charge is 0.256 e. The van der Waals surface area contributed by atoms with Crippen LogP contribution in [0.15, 0.2) is 18.2 Å². The summed E-state index contributed by atoms with van der Waals surface area (Å²) in [5.74, 6) is -0.193. The summed E-state index contributed by atoms with van der Waals surface area (Å²) in [5, 5.41) is 0. The standard InChI is InChI=1S/C15H22N4O2/c1-4-18-7-8-19(10-14(20)17(2)3)15(21)12-6-5-11(16)9-13(12)18/h5-6,9H,4,7-8,10,16H2,1-3H3. The van der Waals surface area contributed by atoms with Gasteiger partial charge in [0.25, 0.3) is 5.91 Å². The first-order chi connectivity index (χ1) is 9.93. The highest BCUT2D eigenvalue weighted by molar-refractivity contribution is 6.02. The van der Waals surface area contributed by atoms with E-state index >= 15 is 0 Å². The summed E-state index contributed by atoms with van der Waals surface area (Å²) in [6, 6.07) is 5.30. The molecule has 2 amide bonds. The summed E-state index contributed by atoms with van der Waals surface area (Å²) in [6.45, 7) is 4.16. The fourth-order valence-corrected chi connectivity index (χ4v) is 2.41. The molecule has 1 aromatic rings. The number of amides is 2. The van der Waals surface area contributed by atoms with E-state index in [-0.39, 0.29) is 18.4 Å². The predicted octanol–water partition coefficient (Wildman–Crippen LogP) is 0.639. The number of hydrogen-bond donors (Lipinski definition) is 1. The molecule has 0 bridgehead atoms. The molecule has 1 aromatic carbocycles. The molecule has 1 aliphatic heterocycles. The van der Waals surface area contributed by atoms with Gasteiger partial charge >= 0.3 is 0 Å². The van der Waals surface area contributed by atoms with Crippen molar-refractivity contribution >= 4 is 23.2 Å². The van der Waals surface area contributed by atoms with Crippen LogP contribution < -0.4 is 10.6 Å². The van der Waals surface area contributed by atoms with Gasteiger partial charge in [-0.1, -0.05) is 0 Å². The zero-order valence-electron chi connectivity index (χ0n) is 12.8. The minimum atomic E-state index is -0.115. The lowest BCUT2D eigenvalue weighted by molar-refractivity contribution is -0.129. The third kappa shape index (κ3) is 3.09. The van der Waals surface area contributed by atoms with E-state index < -0.39 is 0 Å². The summed E-state index contributed by atoms with van der Waals surface area (Å²) in [7, 11) is 3.38. The van der Waals surface area contributed by atoms with Gasteiger partial charge in [0, 0.05) is 39.4 Å². The lowest BCUT2D eigenvalue weighted by atomic mass is 10.1. The fourth-order valence-electron chi connectivity index (χ4n) is 2.41. The van der Waals surface area contributed by atoms with Crippen LogP contribution in [0.5, 0.6) is 0 Å². The average Bonchev–Trinajstić information content (AvgIpc) is 2.57. The van der Waals surface area contributed by atoms with Gasteiger partial charge in [-0.25, -0.2) is 0 Å². The third-order valence-electron chi connectivity index (χ3n) is 3.73. The summed E-state index contributed by atoms with van der Waals surface area (Å²) in [4.78, 5) is 29.8. The molecule has 21 heavy (non-hydrogen) atoms. The Hall–Kier alpha value is -2.24. The van der Waals surface area contributed by atoms with Crippen LogP contribution in [-0.4, -0.2) is 61.9 Å². The summed E-state index contributed by atoms with van der Waals surface area (Å²) < 4.78 is 0. The minimum Gasteiger partial charge on any atom is -0.399 e. The van der Waals surface area contributed by atoms with Crippen LogP contribution in [0.2, 0.25) is 0 Å². The number of carbonyl (C=O) groups is 2. The Labute approximate surface area is 125 Å². The Morgan fingerprint density at radius 3 is 2.57 bits per heavy atom. The van der Waals surface area contributed by atoms with Crippen LogP contribution in [0.1, 0.15) is 17.3 Å². The molecule has 0 atom stereocenters. The van der Waals surface area contributed by atoms with Gasteiger partial charge in [0.2, 0.25) is 5.91 Å². The van der Waals surface area contributed by atoms with E-state index in [0.29, 0.717) is 24.3 Å². The first-order valence-corrected chi connectivity index (χ1v) is 7.08. The first kappa shape index (κ1) is 15.2. The van der Waals surface area contributed by atoms with Crippen LogP contribution in [0.25, 0.3) is 0 Å². The number of carbonyl (C=O) groups excluding carboxylic acids is 2. The summed E-state index contributed by atoms with van der Waals surface area (Å²) in [6.07, 6.45) is 0. The van der Waals surface area contributed by atoms with Crippen LogP contribution in [0, 0.1) is 0 Å². The van der Waals surface area contributed by atoms with Gasteiger partial charge in [-0.3, -0.25) is 9.59 Å². The molecule has 0 saturated heterocycles. The molecule has 0 spiro atoms. The zero-order valence-corrected chi connectivity index (χ0v) is 12.8. The predicted molar refractivity (Wildman–Crippen MR) is 83.3 cm³/mol. The van der Waals surface area contributed by atoms with Gasteiger partial charge in [0.05, 0.1) is 11.3 Å². The highest BCUT2D eigenvalue weighted by atomic mass is 16.2. The third-order valence-corrected chi connectivity index (χ3v) is 3.73. The molecule has 0 aromatic heterocycles. The van der Waals surface area contributed by atoms with Crippen molar-refractivity contribution in [2.24, 2.45) is 0 Å². The van der Waals surface area contributed by atoms with Crippen molar-refractivity contribution in [2.75, 3.05) is 50.9 Å². The number of likely N-dealkylation sites (N-methyl/N-ethyl adjacent to an activating group) is 2. The first-order valence-electron chi connectivity index (χ1n) is 7.08. The molecular weight excluding hydrogens is 268 g/mol. The van der Waals surface area contributed by atoms with Crippen molar-refractivity contribution in [2.45, 2.75) is 6.92 Å². The molecule has 0 fully saturated rings. The molecule has 0 aliphatic carbocycles. The van der Waals surface area contributed by atoms with Gasteiger partial charge in [0.1, 0.15) is 6.54 Å². The van der Waals surface area contributed by atoms with E-state index in [4.69, 9.17) is 5.73 Å². The Kier molecular flexibility index (Phi) is 4.35. The van der Waals surface area contributed by atoms with E-state index in [1.165, 1.54) is 4.90 Å². The van der Waals surface area contributed by atoms with Crippen molar-refractivity contribution in [1.82, 2.24) is 9.80 Å². The highest BCUT2D eigenvalue weighted by Crippen LogP contribution is 2.27. The monoisotopic (exact) mass is 290 g/mol. The maximum absolute atomic E-state index is 12.7. The molecule has 0 saturated carbocycles. The lowest BCUT2D eigenvalue weighted by Crippen LogP contribution is -2.41. The van der Waals surface area contributed by atoms with Gasteiger partial charge < -0.3 is 20.4 Å². The van der Waals surface area contributed by atoms with Gasteiger partial charge in [-0.15, -0.1) is 0 Å². The van der Waals surface area contributed by atoms with Gasteiger partial charge in [-0.2, -0.15) is 0 Å². The van der Waals surface area contributed by atoms with Crippen molar-refractivity contribution in [3.63, 3.8) is 0 Å². The quantitative estimate of drug-likeness (QED) is 0.829. The minimum absolute atomic E-state index is 0.0784. The highest BCUT2D eigenvalue weighted by Gasteiger charge is 2.27. The fraction of sp³-hybridized carbons (Fsp3) is 0.467. The second-order valence-electron chi connectivity index (χ2n) is 5.37. The van der Waals surface area contributed by atoms with Crippen LogP contribution >= 0.6 is 0 Å². The number of fused-ring (bicyclic) bond motifs is 1. The largest absolute Gasteiger partial charge is 0.399 e. The Morgan fingerprint density at radius 2 is 1.95 bits per heavy atom. The number of nitrogen functional groups attached to an aromatic ring is 1. The van der Waals surface area contributed by atoms with E-state index in [0.717, 1.165) is 12.2 Å². The molecular formula is C15H22N4O2. The number of benzene rings is 1. The molecule has 6 nitrogen and oxygen atoms in total. The number of hydrogen-bond acceptors (Lipinski definition) is 4. The number of anilines is 2. The SMILES string of the molecule is CCN1CCN(CC(=O)N(C)C)C(=O)c2ccc(N)cc21. The Morgan fingerprint density at radius 1 is 1.29 bits per heavy atom. The van der Waals surface area contributed by atoms with E-state index in [1.807, 2.05) is 13.0 Å². The molecule has 0 unspecified atom stereocenters. The van der Waals surface area contributed by atoms with Crippen molar-refractivity contribution in [3.05, 3.63) is 23.8 Å². The number of nitrogens with two attached hydrogens (primary N) is 1. The van der Waals surface area contributed by atoms with Gasteiger partial charge in [-0.05, 0) is 25.1 Å². The van der Waals surface area contributed by atoms with E-state index in [1.54, 1.807) is 31.1 Å². The normalized spacial score (nSPS) is 14.7. The second kappa shape index (κ2) is 6.03. The van der Waals surface area contributed by atoms with E-state index in [2.05, 4.69) is 4.90 Å². The lowest BCUT2D eigenvalue weighted by Gasteiger charge is -2.23. The molecule has 1 heterocycles. The molecule has 6 heteroatoms.